The Morgan fingerprint density at radius 3 is 2.62 bits per heavy atom. The van der Waals surface area contributed by atoms with Gasteiger partial charge in [0.1, 0.15) is 11.5 Å². The summed E-state index contributed by atoms with van der Waals surface area (Å²) in [7, 11) is 1.58. The summed E-state index contributed by atoms with van der Waals surface area (Å²) in [6, 6.07) is 7.05. The summed E-state index contributed by atoms with van der Waals surface area (Å²) >= 11 is 0.925. The van der Waals surface area contributed by atoms with E-state index in [9.17, 15) is 9.90 Å². The predicted octanol–water partition coefficient (Wildman–Crippen LogP) is 0.888. The van der Waals surface area contributed by atoms with E-state index in [0.717, 1.165) is 17.5 Å². The molecule has 8 heteroatoms. The third-order valence-corrected chi connectivity index (χ3v) is 3.39. The number of benzene rings is 1. The van der Waals surface area contributed by atoms with Gasteiger partial charge in [0.05, 0.1) is 18.3 Å². The van der Waals surface area contributed by atoms with Crippen LogP contribution in [-0.2, 0) is 11.4 Å². The highest BCUT2D eigenvalue weighted by atomic mass is 32.2. The number of rotatable bonds is 7. The van der Waals surface area contributed by atoms with Crippen molar-refractivity contribution in [3.05, 3.63) is 30.2 Å². The minimum absolute atomic E-state index is 0.0968. The number of methoxy groups -OCH3 is 1. The van der Waals surface area contributed by atoms with Crippen LogP contribution in [0.1, 0.15) is 12.8 Å². The molecule has 0 N–H and O–H groups in total. The number of hydrogen-bond acceptors (Lipinski definition) is 8. The van der Waals surface area contributed by atoms with Crippen molar-refractivity contribution in [3.8, 4) is 11.5 Å². The maximum atomic E-state index is 10.6. The van der Waals surface area contributed by atoms with Crippen molar-refractivity contribution in [2.75, 3.05) is 7.11 Å². The van der Waals surface area contributed by atoms with Crippen LogP contribution in [0.25, 0.3) is 0 Å². The molecule has 0 saturated carbocycles. The number of carbonyl (C=O) groups is 1. The fourth-order valence-electron chi connectivity index (χ4n) is 1.36. The molecular weight excluding hydrogens is 296 g/mol. The molecule has 1 aromatic carbocycles. The normalized spacial score (nSPS) is 11.9. The van der Waals surface area contributed by atoms with E-state index >= 15 is 0 Å². The number of hydrogen-bond donors (Lipinski definition) is 0. The number of aromatic nitrogens is 2. The Kier molecular flexibility index (Phi) is 5.04. The van der Waals surface area contributed by atoms with Crippen LogP contribution in [0.3, 0.4) is 0 Å². The summed E-state index contributed by atoms with van der Waals surface area (Å²) in [5.74, 6) is 0.439. The van der Waals surface area contributed by atoms with Crippen LogP contribution in [0.4, 0.5) is 0 Å². The number of nitrogens with zero attached hydrogens (tertiary/aromatic N) is 2. The van der Waals surface area contributed by atoms with Crippen LogP contribution in [0.15, 0.2) is 33.9 Å². The van der Waals surface area contributed by atoms with E-state index in [1.807, 2.05) is 0 Å². The summed E-state index contributed by atoms with van der Waals surface area (Å²) in [5.41, 5.74) is 0. The molecule has 112 valence electrons. The number of ether oxygens (including phenoxy) is 2. The lowest BCUT2D eigenvalue weighted by molar-refractivity contribution is -0.304. The first-order valence-corrected chi connectivity index (χ1v) is 6.93. The average Bonchev–Trinajstić information content (AvgIpc) is 2.93. The summed E-state index contributed by atoms with van der Waals surface area (Å²) in [6.07, 6.45) is 0. The predicted molar refractivity (Wildman–Crippen MR) is 72.0 cm³/mol. The van der Waals surface area contributed by atoms with Gasteiger partial charge in [-0.05, 0) is 31.2 Å². The molecule has 21 heavy (non-hydrogen) atoms. The van der Waals surface area contributed by atoms with E-state index in [0.29, 0.717) is 5.75 Å². The summed E-state index contributed by atoms with van der Waals surface area (Å²) in [5, 5.41) is 17.5. The lowest BCUT2D eigenvalue weighted by Crippen LogP contribution is -2.31. The zero-order chi connectivity index (χ0) is 15.2. The highest BCUT2D eigenvalue weighted by Gasteiger charge is 2.12. The van der Waals surface area contributed by atoms with Gasteiger partial charge in [0, 0.05) is 0 Å². The van der Waals surface area contributed by atoms with Crippen LogP contribution >= 0.6 is 11.8 Å². The van der Waals surface area contributed by atoms with Gasteiger partial charge in [-0.25, -0.2) is 0 Å². The average molecular weight is 309 g/mol. The Morgan fingerprint density at radius 1 is 1.33 bits per heavy atom. The van der Waals surface area contributed by atoms with Gasteiger partial charge in [-0.15, -0.1) is 10.2 Å². The van der Waals surface area contributed by atoms with Crippen LogP contribution in [0.2, 0.25) is 0 Å². The van der Waals surface area contributed by atoms with Gasteiger partial charge >= 0.3 is 0 Å². The standard InChI is InChI=1S/C13H14N2O5S/c1-8(12(16)17)21-13-15-14-11(20-13)7-19-10-5-3-9(18-2)4-6-10/h3-6,8H,7H2,1-2H3,(H,16,17)/p-1/t8-/m0/s1. The van der Waals surface area contributed by atoms with E-state index < -0.39 is 11.2 Å². The molecule has 0 amide bonds. The van der Waals surface area contributed by atoms with Crippen molar-refractivity contribution in [1.82, 2.24) is 10.2 Å². The number of carbonyl (C=O) groups excluding carboxylic acids is 1. The molecule has 0 spiro atoms. The number of carboxylic acid groups (broad SMARTS) is 1. The molecule has 0 unspecified atom stereocenters. The molecule has 2 aromatic rings. The van der Waals surface area contributed by atoms with Crippen LogP contribution < -0.4 is 14.6 Å². The molecule has 0 bridgehead atoms. The smallest absolute Gasteiger partial charge is 0.277 e. The molecule has 7 nitrogen and oxygen atoms in total. The second-order valence-electron chi connectivity index (χ2n) is 4.01. The van der Waals surface area contributed by atoms with Crippen LogP contribution in [0.5, 0.6) is 11.5 Å². The Bertz CT molecular complexity index is 599. The summed E-state index contributed by atoms with van der Waals surface area (Å²) < 4.78 is 15.8. The van der Waals surface area contributed by atoms with Crippen LogP contribution in [-0.4, -0.2) is 28.5 Å². The van der Waals surface area contributed by atoms with Crippen molar-refractivity contribution in [2.24, 2.45) is 0 Å². The molecule has 2 rings (SSSR count). The van der Waals surface area contributed by atoms with Gasteiger partial charge in [0.25, 0.3) is 11.1 Å². The van der Waals surface area contributed by atoms with E-state index in [1.165, 1.54) is 6.92 Å². The first-order valence-electron chi connectivity index (χ1n) is 6.05. The molecule has 0 radical (unpaired) electrons. The maximum Gasteiger partial charge on any atom is 0.277 e. The van der Waals surface area contributed by atoms with Crippen molar-refractivity contribution >= 4 is 17.7 Å². The third-order valence-electron chi connectivity index (χ3n) is 2.48. The zero-order valence-corrected chi connectivity index (χ0v) is 12.3. The molecular formula is C13H13N2O5S-. The highest BCUT2D eigenvalue weighted by Crippen LogP contribution is 2.22. The van der Waals surface area contributed by atoms with E-state index in [-0.39, 0.29) is 17.7 Å². The van der Waals surface area contributed by atoms with Gasteiger partial charge < -0.3 is 23.8 Å². The monoisotopic (exact) mass is 309 g/mol. The van der Waals surface area contributed by atoms with E-state index in [2.05, 4.69) is 10.2 Å². The van der Waals surface area contributed by atoms with Crippen LogP contribution in [0, 0.1) is 0 Å². The fraction of sp³-hybridized carbons (Fsp3) is 0.308. The quantitative estimate of drug-likeness (QED) is 0.695. The molecule has 1 heterocycles. The largest absolute Gasteiger partial charge is 0.549 e. The minimum Gasteiger partial charge on any atom is -0.549 e. The lowest BCUT2D eigenvalue weighted by Gasteiger charge is -2.07. The van der Waals surface area contributed by atoms with Gasteiger partial charge in [0.2, 0.25) is 0 Å². The van der Waals surface area contributed by atoms with Gasteiger partial charge in [-0.1, -0.05) is 11.8 Å². The van der Waals surface area contributed by atoms with E-state index in [4.69, 9.17) is 13.9 Å². The first-order chi connectivity index (χ1) is 10.1. The second kappa shape index (κ2) is 6.98. The van der Waals surface area contributed by atoms with Crippen molar-refractivity contribution in [3.63, 3.8) is 0 Å². The summed E-state index contributed by atoms with van der Waals surface area (Å²) in [6.45, 7) is 1.58. The zero-order valence-electron chi connectivity index (χ0n) is 11.4. The number of thioether (sulfide) groups is 1. The van der Waals surface area contributed by atoms with Crippen molar-refractivity contribution < 1.29 is 23.8 Å². The lowest BCUT2D eigenvalue weighted by atomic mass is 10.3. The third kappa shape index (κ3) is 4.38. The topological polar surface area (TPSA) is 97.5 Å². The molecule has 1 atom stereocenters. The Labute approximate surface area is 125 Å². The second-order valence-corrected chi connectivity index (χ2v) is 5.30. The van der Waals surface area contributed by atoms with Gasteiger partial charge in [-0.3, -0.25) is 0 Å². The van der Waals surface area contributed by atoms with Crippen molar-refractivity contribution in [1.29, 1.82) is 0 Å². The molecule has 0 saturated heterocycles. The fourth-order valence-corrected chi connectivity index (χ4v) is 1.99. The summed E-state index contributed by atoms with van der Waals surface area (Å²) in [4.78, 5) is 10.6. The SMILES string of the molecule is COc1ccc(OCc2nnc(S[C@@H](C)C(=O)[O-])o2)cc1. The Balaban J connectivity index is 1.88. The minimum atomic E-state index is -1.19. The Hall–Kier alpha value is -2.22. The maximum absolute atomic E-state index is 10.6. The van der Waals surface area contributed by atoms with Gasteiger partial charge in [-0.2, -0.15) is 0 Å². The molecule has 0 aliphatic rings. The first kappa shape index (κ1) is 15.2. The molecule has 1 aromatic heterocycles. The molecule has 0 aliphatic heterocycles. The van der Waals surface area contributed by atoms with Gasteiger partial charge in [0.15, 0.2) is 6.61 Å². The number of carboxylic acids is 1. The number of aliphatic carboxylic acids is 1. The Morgan fingerprint density at radius 2 is 2.00 bits per heavy atom. The molecule has 0 aliphatic carbocycles. The van der Waals surface area contributed by atoms with Crippen molar-refractivity contribution in [2.45, 2.75) is 24.0 Å². The molecule has 0 fully saturated rings. The van der Waals surface area contributed by atoms with E-state index in [1.54, 1.807) is 31.4 Å². The highest BCUT2D eigenvalue weighted by molar-refractivity contribution is 8.00.